The number of aromatic nitrogens is 1. The van der Waals surface area contributed by atoms with Crippen LogP contribution < -0.4 is 5.43 Å². The second-order valence-electron chi connectivity index (χ2n) is 3.12. The molecule has 0 saturated heterocycles. The Labute approximate surface area is 97.6 Å². The monoisotopic (exact) mass is 253 g/mol. The summed E-state index contributed by atoms with van der Waals surface area (Å²) in [6.45, 7) is 0. The van der Waals surface area contributed by atoms with E-state index in [-0.39, 0.29) is 5.43 Å². The van der Waals surface area contributed by atoms with E-state index in [0.717, 1.165) is 16.0 Å². The summed E-state index contributed by atoms with van der Waals surface area (Å²) in [4.78, 5) is 12.7. The standard InChI is InChI=1S/C10H4ClNOS2/c11-7-9(13)6-4-2-1-3-5(6)8-10(7)14-15-12-8/h1-4H. The van der Waals surface area contributed by atoms with Crippen LogP contribution in [0.3, 0.4) is 0 Å². The number of nitrogens with zero attached hydrogens (tertiary/aromatic N) is 1. The van der Waals surface area contributed by atoms with Crippen LogP contribution in [0.15, 0.2) is 29.1 Å². The maximum absolute atomic E-state index is 11.9. The smallest absolute Gasteiger partial charge is 0.206 e. The average molecular weight is 254 g/mol. The van der Waals surface area contributed by atoms with Gasteiger partial charge in [-0.15, -0.1) is 0 Å². The van der Waals surface area contributed by atoms with Crippen LogP contribution in [-0.4, -0.2) is 4.37 Å². The van der Waals surface area contributed by atoms with Gasteiger partial charge in [0.15, 0.2) is 0 Å². The molecule has 2 aliphatic rings. The maximum Gasteiger partial charge on any atom is 0.206 e. The van der Waals surface area contributed by atoms with Gasteiger partial charge >= 0.3 is 0 Å². The molecule has 5 heteroatoms. The molecular formula is C10H4ClNOS2. The lowest BCUT2D eigenvalue weighted by Crippen LogP contribution is -2.04. The van der Waals surface area contributed by atoms with Crippen LogP contribution in [-0.2, 0) is 0 Å². The van der Waals surface area contributed by atoms with E-state index < -0.39 is 0 Å². The Morgan fingerprint density at radius 2 is 1.93 bits per heavy atom. The van der Waals surface area contributed by atoms with Crippen LogP contribution in [0.1, 0.15) is 0 Å². The minimum Gasteiger partial charge on any atom is -0.288 e. The second-order valence-corrected chi connectivity index (χ2v) is 5.35. The van der Waals surface area contributed by atoms with Crippen molar-refractivity contribution in [1.29, 1.82) is 0 Å². The van der Waals surface area contributed by atoms with E-state index in [1.54, 1.807) is 6.07 Å². The van der Waals surface area contributed by atoms with E-state index in [4.69, 9.17) is 11.6 Å². The van der Waals surface area contributed by atoms with Crippen molar-refractivity contribution in [3.8, 4) is 10.6 Å². The lowest BCUT2D eigenvalue weighted by molar-refractivity contribution is 1.55. The molecule has 0 fully saturated rings. The molecular weight excluding hydrogens is 250 g/mol. The molecule has 0 N–H and O–H groups in total. The molecule has 1 aliphatic carbocycles. The molecule has 3 rings (SSSR count). The molecule has 0 spiro atoms. The Hall–Kier alpha value is -0.970. The van der Waals surface area contributed by atoms with Gasteiger partial charge in [-0.2, -0.15) is 4.37 Å². The van der Waals surface area contributed by atoms with Gasteiger partial charge < -0.3 is 0 Å². The van der Waals surface area contributed by atoms with E-state index in [9.17, 15) is 4.79 Å². The Kier molecular flexibility index (Phi) is 2.02. The van der Waals surface area contributed by atoms with Crippen molar-refractivity contribution >= 4 is 43.2 Å². The van der Waals surface area contributed by atoms with Crippen molar-refractivity contribution in [2.45, 2.75) is 0 Å². The van der Waals surface area contributed by atoms with Crippen LogP contribution in [0, 0.1) is 0 Å². The molecule has 0 aromatic heterocycles. The zero-order valence-corrected chi connectivity index (χ0v) is 9.75. The van der Waals surface area contributed by atoms with Gasteiger partial charge in [-0.05, 0) is 0 Å². The molecule has 0 bridgehead atoms. The molecule has 0 unspecified atom stereocenters. The normalized spacial score (nSPS) is 11.3. The third-order valence-corrected chi connectivity index (χ3v) is 4.61. The van der Waals surface area contributed by atoms with Crippen LogP contribution in [0.5, 0.6) is 0 Å². The van der Waals surface area contributed by atoms with Gasteiger partial charge in [0.1, 0.15) is 10.7 Å². The Morgan fingerprint density at radius 1 is 1.20 bits per heavy atom. The number of hydrogen-bond donors (Lipinski definition) is 0. The highest BCUT2D eigenvalue weighted by Gasteiger charge is 2.18. The minimum absolute atomic E-state index is 0.101. The third kappa shape index (κ3) is 1.22. The lowest BCUT2D eigenvalue weighted by Gasteiger charge is -2.02. The molecule has 0 saturated carbocycles. The molecule has 1 heterocycles. The Balaban J connectivity index is 2.70. The van der Waals surface area contributed by atoms with Gasteiger partial charge in [0.05, 0.1) is 4.88 Å². The van der Waals surface area contributed by atoms with Crippen molar-refractivity contribution in [3.05, 3.63) is 39.5 Å². The summed E-state index contributed by atoms with van der Waals surface area (Å²) in [5.74, 6) is 0. The van der Waals surface area contributed by atoms with Crippen molar-refractivity contribution in [1.82, 2.24) is 4.37 Å². The first-order valence-electron chi connectivity index (χ1n) is 4.25. The lowest BCUT2D eigenvalue weighted by atomic mass is 10.1. The number of rotatable bonds is 0. The van der Waals surface area contributed by atoms with E-state index in [1.165, 1.54) is 20.9 Å². The number of fused-ring (bicyclic) bond motifs is 3. The van der Waals surface area contributed by atoms with E-state index in [2.05, 4.69) is 4.37 Å². The molecule has 0 amide bonds. The summed E-state index contributed by atoms with van der Waals surface area (Å²) in [5.41, 5.74) is 0.737. The Bertz CT molecular complexity index is 673. The highest BCUT2D eigenvalue weighted by atomic mass is 35.5. The quantitative estimate of drug-likeness (QED) is 0.574. The summed E-state index contributed by atoms with van der Waals surface area (Å²) in [6, 6.07) is 7.43. The fourth-order valence-corrected chi connectivity index (χ4v) is 3.92. The zero-order valence-electron chi connectivity index (χ0n) is 7.36. The topological polar surface area (TPSA) is 30.0 Å². The van der Waals surface area contributed by atoms with Crippen LogP contribution >= 0.6 is 32.5 Å². The second kappa shape index (κ2) is 3.27. The summed E-state index contributed by atoms with van der Waals surface area (Å²) in [7, 11) is 2.80. The number of hydrogen-bond acceptors (Lipinski definition) is 4. The predicted molar refractivity (Wildman–Crippen MR) is 65.4 cm³/mol. The van der Waals surface area contributed by atoms with Gasteiger partial charge in [0, 0.05) is 21.3 Å². The van der Waals surface area contributed by atoms with Gasteiger partial charge in [-0.25, -0.2) is 0 Å². The highest BCUT2D eigenvalue weighted by molar-refractivity contribution is 7.68. The first-order chi connectivity index (χ1) is 7.29. The van der Waals surface area contributed by atoms with Gasteiger partial charge in [0.2, 0.25) is 5.43 Å². The van der Waals surface area contributed by atoms with Crippen molar-refractivity contribution in [3.63, 3.8) is 0 Å². The molecule has 0 radical (unpaired) electrons. The maximum atomic E-state index is 11.9. The summed E-state index contributed by atoms with van der Waals surface area (Å²) < 4.78 is 4.29. The minimum atomic E-state index is -0.101. The van der Waals surface area contributed by atoms with Gasteiger partial charge in [0.25, 0.3) is 0 Å². The van der Waals surface area contributed by atoms with E-state index >= 15 is 0 Å². The molecule has 74 valence electrons. The van der Waals surface area contributed by atoms with Gasteiger partial charge in [-0.1, -0.05) is 46.2 Å². The first kappa shape index (κ1) is 9.27. The largest absolute Gasteiger partial charge is 0.288 e. The molecule has 1 aromatic carbocycles. The van der Waals surface area contributed by atoms with E-state index in [1.807, 2.05) is 18.2 Å². The number of benzene rings is 2. The molecule has 15 heavy (non-hydrogen) atoms. The fourth-order valence-electron chi connectivity index (χ4n) is 1.60. The summed E-state index contributed by atoms with van der Waals surface area (Å²) >= 11 is 6.01. The summed E-state index contributed by atoms with van der Waals surface area (Å²) in [6.07, 6.45) is 0. The SMILES string of the molecule is O=c1c(Cl)c2ssnc-2c2ccccc12. The number of halogens is 1. The first-order valence-corrected chi connectivity index (χ1v) is 6.73. The summed E-state index contributed by atoms with van der Waals surface area (Å²) in [5, 5.41) is 1.83. The highest BCUT2D eigenvalue weighted by Crippen LogP contribution is 2.37. The van der Waals surface area contributed by atoms with Gasteiger partial charge in [-0.3, -0.25) is 4.79 Å². The molecule has 1 aromatic rings. The zero-order chi connectivity index (χ0) is 10.4. The van der Waals surface area contributed by atoms with Crippen LogP contribution in [0.25, 0.3) is 21.3 Å². The van der Waals surface area contributed by atoms with Crippen molar-refractivity contribution in [2.75, 3.05) is 0 Å². The molecule has 0 atom stereocenters. The van der Waals surface area contributed by atoms with Crippen LogP contribution in [0.2, 0.25) is 5.02 Å². The predicted octanol–water partition coefficient (Wildman–Crippen LogP) is 3.48. The molecule has 1 aliphatic heterocycles. The van der Waals surface area contributed by atoms with Crippen LogP contribution in [0.4, 0.5) is 0 Å². The molecule has 2 nitrogen and oxygen atoms in total. The third-order valence-electron chi connectivity index (χ3n) is 2.29. The fraction of sp³-hybridized carbons (Fsp3) is 0. The van der Waals surface area contributed by atoms with Crippen molar-refractivity contribution < 1.29 is 0 Å². The average Bonchev–Trinajstić information content (AvgIpc) is 2.75. The Morgan fingerprint density at radius 3 is 2.73 bits per heavy atom. The van der Waals surface area contributed by atoms with E-state index in [0.29, 0.717) is 10.4 Å². The van der Waals surface area contributed by atoms with Crippen molar-refractivity contribution in [2.24, 2.45) is 0 Å².